The Morgan fingerprint density at radius 3 is 2.38 bits per heavy atom. The van der Waals surface area contributed by atoms with Crippen LogP contribution in [0.5, 0.6) is 0 Å². The molecule has 0 N–H and O–H groups in total. The number of hydrogen-bond acceptors (Lipinski definition) is 0. The summed E-state index contributed by atoms with van der Waals surface area (Å²) < 4.78 is 12.8. The van der Waals surface area contributed by atoms with Crippen LogP contribution in [0.15, 0.2) is 24.3 Å². The third-order valence-corrected chi connectivity index (χ3v) is 6.10. The van der Waals surface area contributed by atoms with Crippen LogP contribution in [-0.2, 0) is 0 Å². The average molecular weight is 258 g/mol. The smallest absolute Gasteiger partial charge is 0.207 e. The third-order valence-electron chi connectivity index (χ3n) is 1.84. The Kier molecular flexibility index (Phi) is 3.63. The van der Waals surface area contributed by atoms with Crippen molar-refractivity contribution in [1.29, 1.82) is 0 Å². The second-order valence-electron chi connectivity index (χ2n) is 2.82. The van der Waals surface area contributed by atoms with Gasteiger partial charge >= 0.3 is 6.00 Å². The normalized spacial score (nSPS) is 14.2. The summed E-state index contributed by atoms with van der Waals surface area (Å²) in [6.45, 7) is 1.80. The van der Waals surface area contributed by atoms with E-state index in [-0.39, 0.29) is 11.4 Å². The molecule has 0 aliphatic rings. The number of benzene rings is 1. The molecular formula is C8H8Cl3FSi. The highest BCUT2D eigenvalue weighted by Gasteiger charge is 2.34. The number of rotatable bonds is 2. The van der Waals surface area contributed by atoms with Gasteiger partial charge in [-0.1, -0.05) is 19.1 Å². The first kappa shape index (κ1) is 11.3. The molecule has 0 bridgehead atoms. The minimum absolute atomic E-state index is 0.187. The summed E-state index contributed by atoms with van der Waals surface area (Å²) in [7, 11) is 0. The summed E-state index contributed by atoms with van der Waals surface area (Å²) in [4.78, 5) is 0. The van der Waals surface area contributed by atoms with Crippen LogP contribution in [0.1, 0.15) is 18.0 Å². The Morgan fingerprint density at radius 2 is 1.92 bits per heavy atom. The zero-order valence-corrected chi connectivity index (χ0v) is 10.2. The van der Waals surface area contributed by atoms with Crippen LogP contribution in [0.2, 0.25) is 0 Å². The molecule has 0 saturated carbocycles. The van der Waals surface area contributed by atoms with Crippen molar-refractivity contribution >= 4 is 39.2 Å². The molecule has 0 nitrogen and oxygen atoms in total. The molecular weight excluding hydrogens is 250 g/mol. The van der Waals surface area contributed by atoms with Gasteiger partial charge in [0, 0.05) is 5.54 Å². The number of hydrogen-bond donors (Lipinski definition) is 0. The van der Waals surface area contributed by atoms with E-state index in [0.717, 1.165) is 5.56 Å². The number of halogens is 4. The topological polar surface area (TPSA) is 0 Å². The van der Waals surface area contributed by atoms with E-state index in [0.29, 0.717) is 0 Å². The molecule has 0 amide bonds. The van der Waals surface area contributed by atoms with Crippen molar-refractivity contribution < 1.29 is 4.39 Å². The van der Waals surface area contributed by atoms with Gasteiger partial charge < -0.3 is 0 Å². The molecule has 0 spiro atoms. The van der Waals surface area contributed by atoms with Gasteiger partial charge in [-0.15, -0.1) is 33.2 Å². The van der Waals surface area contributed by atoms with E-state index in [1.807, 2.05) is 0 Å². The first-order valence-electron chi connectivity index (χ1n) is 3.73. The van der Waals surface area contributed by atoms with Crippen molar-refractivity contribution in [1.82, 2.24) is 0 Å². The van der Waals surface area contributed by atoms with Gasteiger partial charge in [0.15, 0.2) is 0 Å². The highest BCUT2D eigenvalue weighted by molar-refractivity contribution is 7.65. The van der Waals surface area contributed by atoms with E-state index in [9.17, 15) is 4.39 Å². The Balaban J connectivity index is 2.96. The van der Waals surface area contributed by atoms with Crippen molar-refractivity contribution in [2.24, 2.45) is 0 Å². The van der Waals surface area contributed by atoms with E-state index in [4.69, 9.17) is 33.2 Å². The molecule has 0 unspecified atom stereocenters. The van der Waals surface area contributed by atoms with Crippen LogP contribution in [-0.4, -0.2) is 6.00 Å². The fourth-order valence-electron chi connectivity index (χ4n) is 0.965. The molecule has 1 atom stereocenters. The summed E-state index contributed by atoms with van der Waals surface area (Å²) in [5.74, 6) is -0.299. The third kappa shape index (κ3) is 3.13. The minimum Gasteiger partial charge on any atom is -0.207 e. The highest BCUT2D eigenvalue weighted by Crippen LogP contribution is 2.36. The van der Waals surface area contributed by atoms with E-state index in [1.165, 1.54) is 12.1 Å². The molecule has 0 radical (unpaired) electrons. The largest absolute Gasteiger partial charge is 0.348 e. The van der Waals surface area contributed by atoms with E-state index >= 15 is 0 Å². The molecule has 0 aromatic heterocycles. The highest BCUT2D eigenvalue weighted by atomic mass is 35.8. The predicted molar refractivity (Wildman–Crippen MR) is 58.1 cm³/mol. The van der Waals surface area contributed by atoms with Gasteiger partial charge in [0.1, 0.15) is 5.82 Å². The quantitative estimate of drug-likeness (QED) is 0.552. The SMILES string of the molecule is C[C@@H](c1cccc(F)c1)[Si](Cl)(Cl)Cl. The van der Waals surface area contributed by atoms with Gasteiger partial charge in [-0.3, -0.25) is 0 Å². The lowest BCUT2D eigenvalue weighted by atomic mass is 10.2. The lowest BCUT2D eigenvalue weighted by Crippen LogP contribution is -2.20. The van der Waals surface area contributed by atoms with Crippen molar-refractivity contribution in [3.8, 4) is 0 Å². The van der Waals surface area contributed by atoms with E-state index in [2.05, 4.69) is 0 Å². The van der Waals surface area contributed by atoms with Gasteiger partial charge in [0.05, 0.1) is 0 Å². The van der Waals surface area contributed by atoms with Gasteiger partial charge in [-0.05, 0) is 17.7 Å². The van der Waals surface area contributed by atoms with Crippen LogP contribution in [0.4, 0.5) is 4.39 Å². The maximum Gasteiger partial charge on any atom is 0.348 e. The summed E-state index contributed by atoms with van der Waals surface area (Å²) in [5, 5.41) is 0. The second kappa shape index (κ2) is 4.18. The Hall–Kier alpha value is 0.237. The second-order valence-corrected chi connectivity index (χ2v) is 11.9. The molecule has 0 aliphatic carbocycles. The molecule has 0 heterocycles. The first-order chi connectivity index (χ1) is 5.91. The van der Waals surface area contributed by atoms with Crippen molar-refractivity contribution in [2.75, 3.05) is 0 Å². The maximum absolute atomic E-state index is 12.8. The van der Waals surface area contributed by atoms with E-state index in [1.54, 1.807) is 19.1 Å². The zero-order valence-electron chi connectivity index (χ0n) is 6.90. The fraction of sp³-hybridized carbons (Fsp3) is 0.250. The molecule has 0 aliphatic heterocycles. The molecule has 1 rings (SSSR count). The molecule has 0 fully saturated rings. The van der Waals surface area contributed by atoms with Crippen LogP contribution in [0.3, 0.4) is 0 Å². The van der Waals surface area contributed by atoms with Crippen molar-refractivity contribution in [2.45, 2.75) is 12.5 Å². The van der Waals surface area contributed by atoms with Crippen molar-refractivity contribution in [3.05, 3.63) is 35.6 Å². The summed E-state index contributed by atoms with van der Waals surface area (Å²) in [5.41, 5.74) is 0.555. The van der Waals surface area contributed by atoms with Gasteiger partial charge in [0.25, 0.3) is 0 Å². The minimum atomic E-state index is -2.77. The standard InChI is InChI=1S/C8H8Cl3FSi/c1-6(13(9,10)11)7-3-2-4-8(12)5-7/h2-6H,1H3/t6-/m0/s1. The van der Waals surface area contributed by atoms with Crippen LogP contribution < -0.4 is 0 Å². The Morgan fingerprint density at radius 1 is 1.31 bits per heavy atom. The molecule has 1 aromatic rings. The summed E-state index contributed by atoms with van der Waals surface area (Å²) >= 11 is 17.5. The Bertz CT molecular complexity index is 298. The van der Waals surface area contributed by atoms with Gasteiger partial charge in [0.2, 0.25) is 0 Å². The van der Waals surface area contributed by atoms with Gasteiger partial charge in [-0.2, -0.15) is 0 Å². The molecule has 13 heavy (non-hydrogen) atoms. The average Bonchev–Trinajstić information content (AvgIpc) is 2.01. The van der Waals surface area contributed by atoms with E-state index < -0.39 is 6.00 Å². The lowest BCUT2D eigenvalue weighted by molar-refractivity contribution is 0.625. The van der Waals surface area contributed by atoms with Crippen LogP contribution >= 0.6 is 33.2 Å². The molecule has 1 aromatic carbocycles. The summed E-state index contributed by atoms with van der Waals surface area (Å²) in [6.07, 6.45) is 0. The predicted octanol–water partition coefficient (Wildman–Crippen LogP) is 4.12. The molecule has 72 valence electrons. The summed E-state index contributed by atoms with van der Waals surface area (Å²) in [6, 6.07) is 3.38. The molecule has 0 saturated heterocycles. The lowest BCUT2D eigenvalue weighted by Gasteiger charge is -2.17. The van der Waals surface area contributed by atoms with Crippen LogP contribution in [0.25, 0.3) is 0 Å². The maximum atomic E-state index is 12.8. The zero-order chi connectivity index (χ0) is 10.1. The molecule has 5 heteroatoms. The van der Waals surface area contributed by atoms with Gasteiger partial charge in [-0.25, -0.2) is 4.39 Å². The van der Waals surface area contributed by atoms with Crippen LogP contribution in [0, 0.1) is 5.82 Å². The fourth-order valence-corrected chi connectivity index (χ4v) is 2.66. The van der Waals surface area contributed by atoms with Crippen molar-refractivity contribution in [3.63, 3.8) is 0 Å². The monoisotopic (exact) mass is 256 g/mol. The Labute approximate surface area is 91.7 Å². The first-order valence-corrected chi connectivity index (χ1v) is 8.84.